The number of carboxylic acids is 1. The predicted molar refractivity (Wildman–Crippen MR) is 96.6 cm³/mol. The zero-order valence-electron chi connectivity index (χ0n) is 13.6. The van der Waals surface area contributed by atoms with Crippen LogP contribution in [-0.4, -0.2) is 45.0 Å². The van der Waals surface area contributed by atoms with Gasteiger partial charge in [0.05, 0.1) is 0 Å². The summed E-state index contributed by atoms with van der Waals surface area (Å²) >= 11 is 2.86. The fourth-order valence-corrected chi connectivity index (χ4v) is 4.60. The molecular formula is C16H17N4O4S2+. The smallest absolute Gasteiger partial charge is 0.352 e. The van der Waals surface area contributed by atoms with Crippen molar-refractivity contribution < 1.29 is 24.1 Å². The van der Waals surface area contributed by atoms with Gasteiger partial charge in [-0.2, -0.15) is 4.57 Å². The van der Waals surface area contributed by atoms with E-state index in [-0.39, 0.29) is 23.5 Å². The summed E-state index contributed by atoms with van der Waals surface area (Å²) in [5.74, 6) is -1.43. The second-order valence-corrected chi connectivity index (χ2v) is 7.79. The summed E-state index contributed by atoms with van der Waals surface area (Å²) < 4.78 is 1.66. The van der Waals surface area contributed by atoms with E-state index in [1.165, 1.54) is 28.4 Å². The summed E-state index contributed by atoms with van der Waals surface area (Å²) in [7, 11) is 0. The van der Waals surface area contributed by atoms with Crippen molar-refractivity contribution in [2.75, 3.05) is 5.75 Å². The van der Waals surface area contributed by atoms with Gasteiger partial charge in [0, 0.05) is 22.8 Å². The van der Waals surface area contributed by atoms with Gasteiger partial charge in [0.25, 0.3) is 5.91 Å². The van der Waals surface area contributed by atoms with E-state index in [0.29, 0.717) is 11.3 Å². The maximum absolute atomic E-state index is 11.9. The number of allylic oxidation sites excluding steroid dienone is 1. The average molecular weight is 393 g/mol. The van der Waals surface area contributed by atoms with E-state index in [2.05, 4.69) is 0 Å². The van der Waals surface area contributed by atoms with Crippen LogP contribution in [0.15, 0.2) is 52.2 Å². The molecule has 8 nitrogen and oxygen atoms in total. The van der Waals surface area contributed by atoms with Crippen LogP contribution >= 0.6 is 23.5 Å². The number of carboxylic acid groups (broad SMARTS) is 1. The molecule has 0 bridgehead atoms. The number of primary amides is 1. The first kappa shape index (κ1) is 18.5. The molecule has 136 valence electrons. The molecule has 2 atom stereocenters. The summed E-state index contributed by atoms with van der Waals surface area (Å²) in [6, 6.07) is 3.02. The molecular weight excluding hydrogens is 376 g/mol. The first-order chi connectivity index (χ1) is 12.4. The van der Waals surface area contributed by atoms with Gasteiger partial charge in [-0.25, -0.2) is 4.79 Å². The fourth-order valence-electron chi connectivity index (χ4n) is 2.67. The number of aromatic nitrogens is 1. The normalized spacial score (nSPS) is 22.3. The second kappa shape index (κ2) is 7.52. The van der Waals surface area contributed by atoms with Crippen molar-refractivity contribution in [2.24, 2.45) is 11.5 Å². The number of aliphatic carboxylic acids is 1. The highest BCUT2D eigenvalue weighted by atomic mass is 32.2. The molecule has 3 rings (SSSR count). The molecule has 2 amide bonds. The number of carbonyl (C=O) groups excluding carboxylic acids is 2. The van der Waals surface area contributed by atoms with Gasteiger partial charge in [0.2, 0.25) is 12.5 Å². The summed E-state index contributed by atoms with van der Waals surface area (Å²) in [5, 5.41) is 10.9. The van der Waals surface area contributed by atoms with Crippen LogP contribution in [0.1, 0.15) is 0 Å². The van der Waals surface area contributed by atoms with Crippen LogP contribution in [0.5, 0.6) is 0 Å². The minimum absolute atomic E-state index is 0.00432. The van der Waals surface area contributed by atoms with Gasteiger partial charge in [0.1, 0.15) is 17.1 Å². The zero-order valence-corrected chi connectivity index (χ0v) is 15.2. The van der Waals surface area contributed by atoms with Gasteiger partial charge >= 0.3 is 5.97 Å². The first-order valence-electron chi connectivity index (χ1n) is 7.66. The lowest BCUT2D eigenvalue weighted by atomic mass is 10.0. The summed E-state index contributed by atoms with van der Waals surface area (Å²) in [4.78, 5) is 36.5. The molecule has 1 aromatic heterocycles. The Kier molecular flexibility index (Phi) is 5.35. The Morgan fingerprint density at radius 2 is 2.12 bits per heavy atom. The van der Waals surface area contributed by atoms with E-state index < -0.39 is 17.9 Å². The van der Waals surface area contributed by atoms with E-state index in [1.54, 1.807) is 28.4 Å². The lowest BCUT2D eigenvalue weighted by molar-refractivity contribution is -0.684. The van der Waals surface area contributed by atoms with Crippen molar-refractivity contribution in [1.82, 2.24) is 4.90 Å². The van der Waals surface area contributed by atoms with E-state index in [0.717, 1.165) is 4.90 Å². The largest absolute Gasteiger partial charge is 0.477 e. The molecule has 1 aromatic rings. The van der Waals surface area contributed by atoms with Gasteiger partial charge < -0.3 is 16.6 Å². The van der Waals surface area contributed by atoms with E-state index in [9.17, 15) is 19.5 Å². The monoisotopic (exact) mass is 393 g/mol. The van der Waals surface area contributed by atoms with E-state index >= 15 is 0 Å². The Bertz CT molecular complexity index is 822. The van der Waals surface area contributed by atoms with Crippen LogP contribution in [0.2, 0.25) is 0 Å². The number of thioether (sulfide) groups is 2. The Labute approximate surface area is 157 Å². The van der Waals surface area contributed by atoms with Crippen LogP contribution in [0.25, 0.3) is 0 Å². The predicted octanol–water partition coefficient (Wildman–Crippen LogP) is -0.354. The highest BCUT2D eigenvalue weighted by Gasteiger charge is 2.51. The topological polar surface area (TPSA) is 131 Å². The SMILES string of the molecule is NC(=O)C[n+]1ccc(S/C=C/C2=C(C(=O)O)N3C(=O)[C@@H](N)[C@H]3SC2)cc1. The molecule has 2 aliphatic rings. The number of hydrogen-bond acceptors (Lipinski definition) is 6. The number of rotatable bonds is 6. The lowest BCUT2D eigenvalue weighted by Gasteiger charge is -2.47. The number of nitrogens with two attached hydrogens (primary N) is 2. The third-order valence-corrected chi connectivity index (χ3v) is 6.05. The zero-order chi connectivity index (χ0) is 18.8. The summed E-state index contributed by atoms with van der Waals surface area (Å²) in [6.45, 7) is 0.111. The molecule has 0 radical (unpaired) electrons. The molecule has 1 fully saturated rings. The van der Waals surface area contributed by atoms with Crippen molar-refractivity contribution in [3.63, 3.8) is 0 Å². The third kappa shape index (κ3) is 3.62. The Hall–Kier alpha value is -2.30. The number of carbonyl (C=O) groups is 3. The molecule has 10 heteroatoms. The van der Waals surface area contributed by atoms with Gasteiger partial charge in [0.15, 0.2) is 12.4 Å². The second-order valence-electron chi connectivity index (χ2n) is 5.71. The quantitative estimate of drug-likeness (QED) is 0.342. The summed E-state index contributed by atoms with van der Waals surface area (Å²) in [6.07, 6.45) is 5.19. The van der Waals surface area contributed by atoms with Crippen LogP contribution in [0, 0.1) is 0 Å². The highest BCUT2D eigenvalue weighted by molar-refractivity contribution is 8.02. The maximum Gasteiger partial charge on any atom is 0.352 e. The maximum atomic E-state index is 11.9. The Morgan fingerprint density at radius 3 is 2.73 bits per heavy atom. The summed E-state index contributed by atoms with van der Waals surface area (Å²) in [5.41, 5.74) is 11.4. The molecule has 1 saturated heterocycles. The molecule has 0 aliphatic carbocycles. The van der Waals surface area contributed by atoms with Gasteiger partial charge in [-0.1, -0.05) is 11.8 Å². The Morgan fingerprint density at radius 1 is 1.42 bits per heavy atom. The van der Waals surface area contributed by atoms with Gasteiger partial charge in [-0.05, 0) is 17.1 Å². The van der Waals surface area contributed by atoms with Gasteiger partial charge in [-0.3, -0.25) is 14.5 Å². The molecule has 0 aromatic carbocycles. The number of amides is 2. The van der Waals surface area contributed by atoms with Gasteiger partial charge in [-0.15, -0.1) is 11.8 Å². The standard InChI is InChI=1S/C16H16N4O4S2/c17-11(21)7-19-4-1-10(2-5-19)25-6-3-9-8-26-15-12(18)14(22)20(15)13(9)16(23)24/h1-6,12,15H,7-8,18H2,(H2-,17,21,23,24)/p+1/b6-3+/t12-,15-/m1/s1. The highest BCUT2D eigenvalue weighted by Crippen LogP contribution is 2.40. The average Bonchev–Trinajstić information content (AvgIpc) is 2.61. The molecule has 5 N–H and O–H groups in total. The van der Waals surface area contributed by atoms with Crippen molar-refractivity contribution in [1.29, 1.82) is 0 Å². The number of β-lactam (4-membered cyclic amide) rings is 1. The third-order valence-electron chi connectivity index (χ3n) is 3.91. The van der Waals surface area contributed by atoms with E-state index in [4.69, 9.17) is 11.5 Å². The number of fused-ring (bicyclic) bond motifs is 1. The molecule has 3 heterocycles. The van der Waals surface area contributed by atoms with Crippen LogP contribution in [0.3, 0.4) is 0 Å². The van der Waals surface area contributed by atoms with Crippen LogP contribution in [0.4, 0.5) is 0 Å². The van der Waals surface area contributed by atoms with Crippen molar-refractivity contribution >= 4 is 41.3 Å². The minimum Gasteiger partial charge on any atom is -0.477 e. The fraction of sp³-hybridized carbons (Fsp3) is 0.250. The molecule has 0 saturated carbocycles. The minimum atomic E-state index is -1.13. The molecule has 2 aliphatic heterocycles. The van der Waals surface area contributed by atoms with Crippen molar-refractivity contribution in [3.05, 3.63) is 47.3 Å². The van der Waals surface area contributed by atoms with E-state index in [1.807, 2.05) is 12.1 Å². The number of nitrogens with zero attached hydrogens (tertiary/aromatic N) is 2. The Balaban J connectivity index is 1.71. The van der Waals surface area contributed by atoms with Crippen LogP contribution in [-0.2, 0) is 20.9 Å². The molecule has 26 heavy (non-hydrogen) atoms. The van der Waals surface area contributed by atoms with Crippen molar-refractivity contribution in [2.45, 2.75) is 22.9 Å². The molecule has 0 unspecified atom stereocenters. The number of pyridine rings is 1. The van der Waals surface area contributed by atoms with Crippen molar-refractivity contribution in [3.8, 4) is 0 Å². The van der Waals surface area contributed by atoms with Crippen LogP contribution < -0.4 is 16.0 Å². The lowest BCUT2D eigenvalue weighted by Crippen LogP contribution is -2.68. The first-order valence-corrected chi connectivity index (χ1v) is 9.58. The number of hydrogen-bond donors (Lipinski definition) is 3. The molecule has 0 spiro atoms.